The summed E-state index contributed by atoms with van der Waals surface area (Å²) in [5, 5.41) is 4.31. The molecule has 0 bridgehead atoms. The maximum atomic E-state index is 5.31. The van der Waals surface area contributed by atoms with Gasteiger partial charge in [-0.2, -0.15) is 15.0 Å². The maximum Gasteiger partial charge on any atom is 0.322 e. The van der Waals surface area contributed by atoms with Gasteiger partial charge in [-0.25, -0.2) is 4.98 Å². The van der Waals surface area contributed by atoms with Gasteiger partial charge < -0.3 is 15.0 Å². The largest absolute Gasteiger partial charge is 0.464 e. The van der Waals surface area contributed by atoms with Gasteiger partial charge in [-0.3, -0.25) is 0 Å². The van der Waals surface area contributed by atoms with Gasteiger partial charge in [-0.1, -0.05) is 0 Å². The maximum absolute atomic E-state index is 5.31. The van der Waals surface area contributed by atoms with Crippen LogP contribution in [0.15, 0.2) is 22.7 Å². The van der Waals surface area contributed by atoms with Gasteiger partial charge in [-0.05, 0) is 25.6 Å². The van der Waals surface area contributed by atoms with Gasteiger partial charge in [0, 0.05) is 18.9 Å². The molecule has 0 unspecified atom stereocenters. The van der Waals surface area contributed by atoms with Crippen molar-refractivity contribution in [3.8, 4) is 6.01 Å². The van der Waals surface area contributed by atoms with Crippen LogP contribution in [0.2, 0.25) is 0 Å². The van der Waals surface area contributed by atoms with E-state index in [9.17, 15) is 0 Å². The third-order valence-electron chi connectivity index (χ3n) is 1.86. The summed E-state index contributed by atoms with van der Waals surface area (Å²) in [6, 6.07) is 0.317. The lowest BCUT2D eigenvalue weighted by atomic mass is 10.7. The van der Waals surface area contributed by atoms with E-state index in [1.807, 2.05) is 13.8 Å². The van der Waals surface area contributed by atoms with Gasteiger partial charge in [0.15, 0.2) is 5.16 Å². The number of nitrogens with zero attached hydrogens (tertiary/aromatic N) is 4. The zero-order valence-electron chi connectivity index (χ0n) is 10.2. The van der Waals surface area contributed by atoms with E-state index in [2.05, 4.69) is 30.2 Å². The smallest absolute Gasteiger partial charge is 0.322 e. The second kappa shape index (κ2) is 6.20. The minimum Gasteiger partial charge on any atom is -0.464 e. The Labute approximate surface area is 109 Å². The minimum atomic E-state index is 0.317. The van der Waals surface area contributed by atoms with Crippen molar-refractivity contribution >= 4 is 17.7 Å². The summed E-state index contributed by atoms with van der Waals surface area (Å²) in [5.74, 6) is 0.505. The molecule has 8 heteroatoms. The molecule has 2 rings (SSSR count). The molecule has 0 radical (unpaired) electrons. The van der Waals surface area contributed by atoms with Crippen molar-refractivity contribution in [3.05, 3.63) is 12.4 Å². The average molecular weight is 266 g/mol. The first-order valence-corrected chi connectivity index (χ1v) is 6.43. The standard InChI is InChI=1S/C10H14N6OS/c1-3-11-7-14-8(17-4-2)16-10(15-7)18-9-12-5-6-13-9/h5-6H,3-4H2,1-2H3,(H,12,13)(H,11,14,15,16). The van der Waals surface area contributed by atoms with E-state index in [0.29, 0.717) is 23.7 Å². The first-order chi connectivity index (χ1) is 8.81. The fourth-order valence-electron chi connectivity index (χ4n) is 1.21. The molecule has 0 fully saturated rings. The SMILES string of the molecule is CCNc1nc(OCC)nc(Sc2ncc[nH]2)n1. The Morgan fingerprint density at radius 3 is 2.89 bits per heavy atom. The van der Waals surface area contributed by atoms with Crippen LogP contribution in [-0.2, 0) is 0 Å². The number of aromatic nitrogens is 5. The van der Waals surface area contributed by atoms with Gasteiger partial charge in [0.2, 0.25) is 11.1 Å². The Morgan fingerprint density at radius 1 is 1.33 bits per heavy atom. The average Bonchev–Trinajstić information content (AvgIpc) is 2.82. The fourth-order valence-corrected chi connectivity index (χ4v) is 1.88. The van der Waals surface area contributed by atoms with E-state index < -0.39 is 0 Å². The van der Waals surface area contributed by atoms with Crippen LogP contribution >= 0.6 is 11.8 Å². The highest BCUT2D eigenvalue weighted by Gasteiger charge is 2.09. The van der Waals surface area contributed by atoms with E-state index >= 15 is 0 Å². The molecule has 0 saturated heterocycles. The second-order valence-electron chi connectivity index (χ2n) is 3.18. The Morgan fingerprint density at radius 2 is 2.22 bits per heavy atom. The van der Waals surface area contributed by atoms with E-state index in [0.717, 1.165) is 11.7 Å². The van der Waals surface area contributed by atoms with Crippen LogP contribution in [0.1, 0.15) is 13.8 Å². The molecule has 0 saturated carbocycles. The van der Waals surface area contributed by atoms with Crippen LogP contribution in [-0.4, -0.2) is 38.1 Å². The van der Waals surface area contributed by atoms with Crippen LogP contribution < -0.4 is 10.1 Å². The summed E-state index contributed by atoms with van der Waals surface area (Å²) in [6.45, 7) is 5.11. The predicted octanol–water partition coefficient (Wildman–Crippen LogP) is 1.58. The number of rotatable bonds is 6. The van der Waals surface area contributed by atoms with Gasteiger partial charge in [-0.15, -0.1) is 0 Å². The highest BCUT2D eigenvalue weighted by Crippen LogP contribution is 2.22. The molecule has 2 N–H and O–H groups in total. The van der Waals surface area contributed by atoms with Crippen LogP contribution in [0, 0.1) is 0 Å². The summed E-state index contributed by atoms with van der Waals surface area (Å²) >= 11 is 1.33. The topological polar surface area (TPSA) is 88.6 Å². The Hall–Kier alpha value is -1.83. The summed E-state index contributed by atoms with van der Waals surface area (Å²) < 4.78 is 5.31. The van der Waals surface area contributed by atoms with E-state index in [-0.39, 0.29) is 0 Å². The molecule has 96 valence electrons. The van der Waals surface area contributed by atoms with Crippen LogP contribution in [0.4, 0.5) is 5.95 Å². The summed E-state index contributed by atoms with van der Waals surface area (Å²) in [4.78, 5) is 19.7. The Balaban J connectivity index is 2.21. The lowest BCUT2D eigenvalue weighted by molar-refractivity contribution is 0.308. The molecular weight excluding hydrogens is 252 g/mol. The van der Waals surface area contributed by atoms with Crippen molar-refractivity contribution in [2.75, 3.05) is 18.5 Å². The molecule has 0 atom stereocenters. The Bertz CT molecular complexity index is 465. The fraction of sp³-hybridized carbons (Fsp3) is 0.400. The monoisotopic (exact) mass is 266 g/mol. The van der Waals surface area contributed by atoms with Crippen molar-refractivity contribution in [3.63, 3.8) is 0 Å². The zero-order chi connectivity index (χ0) is 12.8. The number of ether oxygens (including phenoxy) is 1. The first-order valence-electron chi connectivity index (χ1n) is 5.61. The van der Waals surface area contributed by atoms with Crippen LogP contribution in [0.25, 0.3) is 0 Å². The van der Waals surface area contributed by atoms with E-state index in [1.165, 1.54) is 11.8 Å². The van der Waals surface area contributed by atoms with Crippen molar-refractivity contribution in [2.45, 2.75) is 24.2 Å². The van der Waals surface area contributed by atoms with E-state index in [1.54, 1.807) is 12.4 Å². The molecule has 0 amide bonds. The lowest BCUT2D eigenvalue weighted by Crippen LogP contribution is -2.07. The molecule has 2 aromatic heterocycles. The zero-order valence-corrected chi connectivity index (χ0v) is 11.0. The van der Waals surface area contributed by atoms with Crippen molar-refractivity contribution in [1.29, 1.82) is 0 Å². The predicted molar refractivity (Wildman–Crippen MR) is 67.9 cm³/mol. The number of hydrogen-bond acceptors (Lipinski definition) is 7. The lowest BCUT2D eigenvalue weighted by Gasteiger charge is -2.06. The van der Waals surface area contributed by atoms with Crippen molar-refractivity contribution in [2.24, 2.45) is 0 Å². The molecule has 7 nitrogen and oxygen atoms in total. The summed E-state index contributed by atoms with van der Waals surface area (Å²) in [6.07, 6.45) is 3.43. The number of imidazole rings is 1. The third kappa shape index (κ3) is 3.33. The molecule has 0 aromatic carbocycles. The third-order valence-corrected chi connectivity index (χ3v) is 2.65. The minimum absolute atomic E-state index is 0.317. The van der Waals surface area contributed by atoms with Gasteiger partial charge in [0.05, 0.1) is 6.61 Å². The normalized spacial score (nSPS) is 10.3. The molecule has 0 spiro atoms. The van der Waals surface area contributed by atoms with Crippen LogP contribution in [0.5, 0.6) is 6.01 Å². The Kier molecular flexibility index (Phi) is 4.35. The second-order valence-corrected chi connectivity index (χ2v) is 4.14. The van der Waals surface area contributed by atoms with Gasteiger partial charge in [0.1, 0.15) is 0 Å². The number of aromatic amines is 1. The van der Waals surface area contributed by atoms with Crippen molar-refractivity contribution in [1.82, 2.24) is 24.9 Å². The molecule has 2 aromatic rings. The number of nitrogens with one attached hydrogen (secondary N) is 2. The number of anilines is 1. The summed E-state index contributed by atoms with van der Waals surface area (Å²) in [7, 11) is 0. The van der Waals surface area contributed by atoms with Gasteiger partial charge >= 0.3 is 6.01 Å². The molecule has 2 heterocycles. The molecular formula is C10H14N6OS. The highest BCUT2D eigenvalue weighted by molar-refractivity contribution is 7.99. The van der Waals surface area contributed by atoms with Crippen LogP contribution in [0.3, 0.4) is 0 Å². The number of hydrogen-bond donors (Lipinski definition) is 2. The molecule has 0 aliphatic rings. The van der Waals surface area contributed by atoms with Crippen molar-refractivity contribution < 1.29 is 4.74 Å². The highest BCUT2D eigenvalue weighted by atomic mass is 32.2. The van der Waals surface area contributed by atoms with E-state index in [4.69, 9.17) is 4.74 Å². The first kappa shape index (κ1) is 12.6. The van der Waals surface area contributed by atoms with Gasteiger partial charge in [0.25, 0.3) is 0 Å². The number of H-pyrrole nitrogens is 1. The molecule has 18 heavy (non-hydrogen) atoms. The quantitative estimate of drug-likeness (QED) is 0.820. The molecule has 0 aliphatic carbocycles. The summed E-state index contributed by atoms with van der Waals surface area (Å²) in [5.41, 5.74) is 0. The molecule has 0 aliphatic heterocycles.